The van der Waals surface area contributed by atoms with Crippen molar-refractivity contribution in [2.75, 3.05) is 51.0 Å². The van der Waals surface area contributed by atoms with Crippen LogP contribution in [0.2, 0.25) is 0 Å². The van der Waals surface area contributed by atoms with Crippen molar-refractivity contribution >= 4 is 5.82 Å². The molecule has 3 aliphatic rings. The number of aromatic nitrogens is 2. The van der Waals surface area contributed by atoms with E-state index >= 15 is 0 Å². The van der Waals surface area contributed by atoms with Gasteiger partial charge in [0, 0.05) is 30.0 Å². The molecule has 0 spiro atoms. The molecule has 0 N–H and O–H groups in total. The summed E-state index contributed by atoms with van der Waals surface area (Å²) in [6, 6.07) is 3.06. The second-order valence-corrected chi connectivity index (χ2v) is 6.54. The molecule has 6 nitrogen and oxygen atoms in total. The Hall–Kier alpha value is -1.61. The Labute approximate surface area is 130 Å². The van der Waals surface area contributed by atoms with Gasteiger partial charge in [0.15, 0.2) is 12.4 Å². The van der Waals surface area contributed by atoms with E-state index in [0.717, 1.165) is 13.1 Å². The lowest BCUT2D eigenvalue weighted by Gasteiger charge is -2.25. The average molecular weight is 331 g/mol. The van der Waals surface area contributed by atoms with Crippen LogP contribution in [0.15, 0.2) is 12.1 Å². The maximum absolute atomic E-state index is 12.1. The molecule has 3 aliphatic heterocycles. The fraction of sp³-hybridized carbons (Fsp3) is 0.714. The molecule has 0 radical (unpaired) electrons. The monoisotopic (exact) mass is 331 g/mol. The van der Waals surface area contributed by atoms with Crippen molar-refractivity contribution in [3.05, 3.63) is 12.1 Å². The standard InChI is InChI=1S/C14H16F3N3O3/c15-14(16,17)9-23-11-2-1-10(18-19-11)20-3-12-5-21-7-13(12,4-20)8-22-6-12/h1-2H,3-9H2. The van der Waals surface area contributed by atoms with E-state index in [1.807, 2.05) is 0 Å². The van der Waals surface area contributed by atoms with Crippen LogP contribution in [-0.2, 0) is 9.47 Å². The van der Waals surface area contributed by atoms with Crippen molar-refractivity contribution in [1.82, 2.24) is 10.2 Å². The summed E-state index contributed by atoms with van der Waals surface area (Å²) in [6.07, 6.45) is -4.39. The van der Waals surface area contributed by atoms with Crippen LogP contribution in [0, 0.1) is 10.8 Å². The number of ether oxygens (including phenoxy) is 3. The first-order valence-corrected chi connectivity index (χ1v) is 7.35. The largest absolute Gasteiger partial charge is 0.467 e. The van der Waals surface area contributed by atoms with Crippen LogP contribution in [0.5, 0.6) is 5.88 Å². The first-order valence-electron chi connectivity index (χ1n) is 7.35. The highest BCUT2D eigenvalue weighted by molar-refractivity contribution is 5.43. The minimum atomic E-state index is -4.39. The Bertz CT molecular complexity index is 563. The van der Waals surface area contributed by atoms with Crippen LogP contribution in [0.25, 0.3) is 0 Å². The number of hydrogen-bond acceptors (Lipinski definition) is 6. The highest BCUT2D eigenvalue weighted by Crippen LogP contribution is 2.55. The zero-order valence-corrected chi connectivity index (χ0v) is 12.3. The number of anilines is 1. The average Bonchev–Trinajstić information content (AvgIpc) is 3.06. The van der Waals surface area contributed by atoms with E-state index in [9.17, 15) is 13.2 Å². The van der Waals surface area contributed by atoms with Crippen LogP contribution in [0.1, 0.15) is 0 Å². The van der Waals surface area contributed by atoms with Gasteiger partial charge in [-0.05, 0) is 6.07 Å². The number of rotatable bonds is 3. The summed E-state index contributed by atoms with van der Waals surface area (Å²) < 4.78 is 52.3. The molecule has 0 bridgehead atoms. The van der Waals surface area contributed by atoms with Gasteiger partial charge in [-0.25, -0.2) is 0 Å². The molecule has 4 heterocycles. The summed E-state index contributed by atoms with van der Waals surface area (Å²) in [7, 11) is 0. The first kappa shape index (κ1) is 14.9. The lowest BCUT2D eigenvalue weighted by atomic mass is 9.71. The zero-order valence-electron chi connectivity index (χ0n) is 12.3. The molecule has 0 atom stereocenters. The quantitative estimate of drug-likeness (QED) is 0.831. The van der Waals surface area contributed by atoms with E-state index in [4.69, 9.17) is 9.47 Å². The Morgan fingerprint density at radius 2 is 1.65 bits per heavy atom. The van der Waals surface area contributed by atoms with Gasteiger partial charge in [-0.3, -0.25) is 0 Å². The number of alkyl halides is 3. The molecule has 0 unspecified atom stereocenters. The Morgan fingerprint density at radius 1 is 1.04 bits per heavy atom. The van der Waals surface area contributed by atoms with Crippen molar-refractivity contribution < 1.29 is 27.4 Å². The minimum Gasteiger partial charge on any atom is -0.467 e. The maximum atomic E-state index is 12.1. The molecule has 0 aliphatic carbocycles. The second kappa shape index (κ2) is 4.94. The molecule has 1 aromatic heterocycles. The van der Waals surface area contributed by atoms with Gasteiger partial charge in [0.25, 0.3) is 0 Å². The topological polar surface area (TPSA) is 56.7 Å². The number of halogens is 3. The molecule has 23 heavy (non-hydrogen) atoms. The van der Waals surface area contributed by atoms with Crippen molar-refractivity contribution in [2.45, 2.75) is 6.18 Å². The number of hydrogen-bond donors (Lipinski definition) is 0. The van der Waals surface area contributed by atoms with E-state index in [2.05, 4.69) is 19.8 Å². The van der Waals surface area contributed by atoms with E-state index in [1.54, 1.807) is 6.07 Å². The van der Waals surface area contributed by atoms with Crippen molar-refractivity contribution in [1.29, 1.82) is 0 Å². The third-order valence-electron chi connectivity index (χ3n) is 4.96. The molecule has 0 amide bonds. The predicted octanol–water partition coefficient (Wildman–Crippen LogP) is 1.27. The fourth-order valence-electron chi connectivity index (χ4n) is 3.76. The summed E-state index contributed by atoms with van der Waals surface area (Å²) in [5.41, 5.74) is -0.0275. The molecular formula is C14H16F3N3O3. The Morgan fingerprint density at radius 3 is 2.13 bits per heavy atom. The summed E-state index contributed by atoms with van der Waals surface area (Å²) >= 11 is 0. The molecular weight excluding hydrogens is 315 g/mol. The van der Waals surface area contributed by atoms with E-state index in [1.165, 1.54) is 6.07 Å². The summed E-state index contributed by atoms with van der Waals surface area (Å²) in [5, 5.41) is 7.74. The van der Waals surface area contributed by atoms with Gasteiger partial charge in [0.2, 0.25) is 5.88 Å². The Balaban J connectivity index is 1.46. The molecule has 9 heteroatoms. The molecule has 3 saturated heterocycles. The molecule has 1 aromatic rings. The zero-order chi connectivity index (χ0) is 16.1. The first-order chi connectivity index (χ1) is 10.9. The summed E-state index contributed by atoms with van der Waals surface area (Å²) in [5.74, 6) is 0.507. The highest BCUT2D eigenvalue weighted by atomic mass is 19.4. The van der Waals surface area contributed by atoms with Crippen LogP contribution < -0.4 is 9.64 Å². The maximum Gasteiger partial charge on any atom is 0.422 e. The summed E-state index contributed by atoms with van der Waals surface area (Å²) in [4.78, 5) is 2.10. The van der Waals surface area contributed by atoms with Gasteiger partial charge in [0.1, 0.15) is 0 Å². The van der Waals surface area contributed by atoms with Gasteiger partial charge in [-0.1, -0.05) is 0 Å². The molecule has 126 valence electrons. The molecule has 4 rings (SSSR count). The van der Waals surface area contributed by atoms with E-state index < -0.39 is 12.8 Å². The normalized spacial score (nSPS) is 32.9. The number of nitrogens with zero attached hydrogens (tertiary/aromatic N) is 3. The molecule has 0 saturated carbocycles. The van der Waals surface area contributed by atoms with Crippen molar-refractivity contribution in [3.8, 4) is 5.88 Å². The van der Waals surface area contributed by atoms with Crippen LogP contribution >= 0.6 is 0 Å². The van der Waals surface area contributed by atoms with Gasteiger partial charge in [-0.2, -0.15) is 13.2 Å². The summed E-state index contributed by atoms with van der Waals surface area (Å²) in [6.45, 7) is 2.82. The highest BCUT2D eigenvalue weighted by Gasteiger charge is 2.65. The molecule has 3 fully saturated rings. The lowest BCUT2D eigenvalue weighted by Crippen LogP contribution is -2.38. The van der Waals surface area contributed by atoms with E-state index in [-0.39, 0.29) is 16.7 Å². The third kappa shape index (κ3) is 2.42. The van der Waals surface area contributed by atoms with Crippen molar-refractivity contribution in [3.63, 3.8) is 0 Å². The predicted molar refractivity (Wildman–Crippen MR) is 72.3 cm³/mol. The van der Waals surface area contributed by atoms with Crippen LogP contribution in [0.3, 0.4) is 0 Å². The van der Waals surface area contributed by atoms with Crippen LogP contribution in [0.4, 0.5) is 19.0 Å². The van der Waals surface area contributed by atoms with Gasteiger partial charge in [-0.15, -0.1) is 10.2 Å². The van der Waals surface area contributed by atoms with Gasteiger partial charge < -0.3 is 19.1 Å². The molecule has 0 aromatic carbocycles. The third-order valence-corrected chi connectivity index (χ3v) is 4.96. The van der Waals surface area contributed by atoms with Gasteiger partial charge in [0.05, 0.1) is 26.4 Å². The van der Waals surface area contributed by atoms with Crippen LogP contribution in [-0.4, -0.2) is 62.5 Å². The Kier molecular flexibility index (Phi) is 3.21. The van der Waals surface area contributed by atoms with Gasteiger partial charge >= 0.3 is 6.18 Å². The smallest absolute Gasteiger partial charge is 0.422 e. The lowest BCUT2D eigenvalue weighted by molar-refractivity contribution is -0.154. The SMILES string of the molecule is FC(F)(F)COc1ccc(N2CC34COCC3(COC4)C2)nn1. The van der Waals surface area contributed by atoms with E-state index in [0.29, 0.717) is 32.2 Å². The van der Waals surface area contributed by atoms with Crippen molar-refractivity contribution in [2.24, 2.45) is 10.8 Å². The fourth-order valence-corrected chi connectivity index (χ4v) is 3.76. The second-order valence-electron chi connectivity index (χ2n) is 6.54. The minimum absolute atomic E-state index is 0.0138.